The molecule has 0 saturated heterocycles. The molecule has 0 saturated carbocycles. The van der Waals surface area contributed by atoms with Gasteiger partial charge in [0.05, 0.1) is 6.20 Å². The maximum Gasteiger partial charge on any atom is 0.326 e. The number of aromatic nitrogens is 1. The third-order valence-corrected chi connectivity index (χ3v) is 2.52. The molecule has 0 bridgehead atoms. The van der Waals surface area contributed by atoms with Crippen molar-refractivity contribution in [2.45, 2.75) is 39.7 Å². The second-order valence-corrected chi connectivity index (χ2v) is 4.51. The maximum absolute atomic E-state index is 11.9. The van der Waals surface area contributed by atoms with Gasteiger partial charge >= 0.3 is 5.97 Å². The van der Waals surface area contributed by atoms with E-state index in [-0.39, 0.29) is 5.92 Å². The third-order valence-electron chi connectivity index (χ3n) is 2.52. The molecule has 1 amide bonds. The number of aryl methyl sites for hydroxylation is 1. The smallest absolute Gasteiger partial charge is 0.326 e. The fraction of sp³-hybridized carbons (Fsp3) is 0.583. The van der Waals surface area contributed by atoms with Crippen LogP contribution in [0.25, 0.3) is 0 Å². The average Bonchev–Trinajstić information content (AvgIpc) is 2.75. The Morgan fingerprint density at radius 1 is 1.50 bits per heavy atom. The molecule has 1 heterocycles. The molecule has 1 atom stereocenters. The molecule has 2 N–H and O–H groups in total. The van der Waals surface area contributed by atoms with E-state index in [1.807, 2.05) is 20.8 Å². The first-order valence-corrected chi connectivity index (χ1v) is 5.92. The monoisotopic (exact) mass is 254 g/mol. The molecule has 6 nitrogen and oxygen atoms in total. The highest BCUT2D eigenvalue weighted by molar-refractivity contribution is 5.97. The molecule has 0 aliphatic heterocycles. The summed E-state index contributed by atoms with van der Waals surface area (Å²) < 4.78 is 4.90. The average molecular weight is 254 g/mol. The predicted octanol–water partition coefficient (Wildman–Crippen LogP) is 1.47. The normalized spacial score (nSPS) is 12.4. The lowest BCUT2D eigenvalue weighted by molar-refractivity contribution is -0.139. The van der Waals surface area contributed by atoms with Gasteiger partial charge in [-0.1, -0.05) is 25.9 Å². The maximum atomic E-state index is 11.9. The summed E-state index contributed by atoms with van der Waals surface area (Å²) in [4.78, 5) is 22.9. The highest BCUT2D eigenvalue weighted by Gasteiger charge is 2.24. The Morgan fingerprint density at radius 3 is 2.67 bits per heavy atom. The quantitative estimate of drug-likeness (QED) is 0.801. The summed E-state index contributed by atoms with van der Waals surface area (Å²) >= 11 is 0. The van der Waals surface area contributed by atoms with Crippen LogP contribution in [0.4, 0.5) is 0 Å². The summed E-state index contributed by atoms with van der Waals surface area (Å²) in [5.74, 6) is -0.853. The van der Waals surface area contributed by atoms with E-state index < -0.39 is 17.9 Å². The second-order valence-electron chi connectivity index (χ2n) is 4.51. The molecule has 0 aliphatic carbocycles. The minimum absolute atomic E-state index is 0.180. The second kappa shape index (κ2) is 6.18. The molecule has 0 radical (unpaired) electrons. The molecule has 1 aromatic heterocycles. The van der Waals surface area contributed by atoms with Crippen molar-refractivity contribution >= 4 is 11.9 Å². The van der Waals surface area contributed by atoms with E-state index in [0.717, 1.165) is 0 Å². The number of amides is 1. The number of carboxylic acid groups (broad SMARTS) is 1. The largest absolute Gasteiger partial charge is 0.480 e. The highest BCUT2D eigenvalue weighted by Crippen LogP contribution is 2.10. The minimum atomic E-state index is -1.04. The van der Waals surface area contributed by atoms with Gasteiger partial charge in [0.1, 0.15) is 17.4 Å². The van der Waals surface area contributed by atoms with Crippen LogP contribution < -0.4 is 5.32 Å². The molecule has 0 fully saturated rings. The van der Waals surface area contributed by atoms with Crippen LogP contribution in [0.3, 0.4) is 0 Å². The number of rotatable bonds is 6. The number of nitrogens with one attached hydrogen (secondary N) is 1. The molecular formula is C12H18N2O4. The van der Waals surface area contributed by atoms with E-state index in [1.165, 1.54) is 6.20 Å². The van der Waals surface area contributed by atoms with Gasteiger partial charge in [-0.05, 0) is 12.3 Å². The number of aliphatic carboxylic acids is 1. The van der Waals surface area contributed by atoms with E-state index in [4.69, 9.17) is 9.63 Å². The molecule has 0 spiro atoms. The summed E-state index contributed by atoms with van der Waals surface area (Å²) in [6, 6.07) is -0.892. The van der Waals surface area contributed by atoms with Gasteiger partial charge in [-0.2, -0.15) is 0 Å². The lowest BCUT2D eigenvalue weighted by Crippen LogP contribution is -2.41. The van der Waals surface area contributed by atoms with Gasteiger partial charge in [-0.3, -0.25) is 4.79 Å². The molecule has 18 heavy (non-hydrogen) atoms. The van der Waals surface area contributed by atoms with E-state index in [2.05, 4.69) is 10.5 Å². The lowest BCUT2D eigenvalue weighted by Gasteiger charge is -2.16. The Labute approximate surface area is 105 Å². The number of hydrogen-bond donors (Lipinski definition) is 2. The van der Waals surface area contributed by atoms with Gasteiger partial charge in [-0.25, -0.2) is 4.79 Å². The van der Waals surface area contributed by atoms with Crippen LogP contribution in [-0.4, -0.2) is 28.2 Å². The van der Waals surface area contributed by atoms with Crippen LogP contribution in [0.1, 0.15) is 43.3 Å². The van der Waals surface area contributed by atoms with Crippen LogP contribution in [-0.2, 0) is 11.2 Å². The number of carbonyl (C=O) groups is 2. The fourth-order valence-corrected chi connectivity index (χ4v) is 1.63. The summed E-state index contributed by atoms with van der Waals surface area (Å²) in [5, 5.41) is 15.1. The van der Waals surface area contributed by atoms with Crippen molar-refractivity contribution < 1.29 is 19.2 Å². The van der Waals surface area contributed by atoms with E-state index >= 15 is 0 Å². The number of carbonyl (C=O) groups excluding carboxylic acids is 1. The molecular weight excluding hydrogens is 236 g/mol. The molecule has 1 aromatic rings. The summed E-state index contributed by atoms with van der Waals surface area (Å²) in [6.45, 7) is 5.64. The van der Waals surface area contributed by atoms with Crippen molar-refractivity contribution in [3.8, 4) is 0 Å². The predicted molar refractivity (Wildman–Crippen MR) is 64.2 cm³/mol. The first-order chi connectivity index (χ1) is 8.45. The molecule has 100 valence electrons. The van der Waals surface area contributed by atoms with Gasteiger partial charge in [-0.15, -0.1) is 0 Å². The van der Waals surface area contributed by atoms with Crippen LogP contribution in [0.15, 0.2) is 10.7 Å². The lowest BCUT2D eigenvalue weighted by atomic mass is 10.0. The van der Waals surface area contributed by atoms with Crippen molar-refractivity contribution in [2.24, 2.45) is 5.92 Å². The van der Waals surface area contributed by atoms with Crippen molar-refractivity contribution in [2.75, 3.05) is 0 Å². The Balaban J connectivity index is 2.75. The molecule has 6 heteroatoms. The molecule has 0 aromatic carbocycles. The van der Waals surface area contributed by atoms with E-state index in [9.17, 15) is 9.59 Å². The number of hydrogen-bond acceptors (Lipinski definition) is 4. The Morgan fingerprint density at radius 2 is 2.17 bits per heavy atom. The van der Waals surface area contributed by atoms with Crippen molar-refractivity contribution in [1.29, 1.82) is 0 Å². The van der Waals surface area contributed by atoms with E-state index in [1.54, 1.807) is 0 Å². The third kappa shape index (κ3) is 3.58. The van der Waals surface area contributed by atoms with Crippen LogP contribution in [0, 0.1) is 5.92 Å². The molecule has 0 unspecified atom stereocenters. The standard InChI is InChI=1S/C12H18N2O4/c1-4-10-8(6-13-18-10)11(15)14-9(12(16)17)5-7(2)3/h6-7,9H,4-5H2,1-3H3,(H,14,15)(H,16,17)/t9-/m1/s1. The number of nitrogens with zero attached hydrogens (tertiary/aromatic N) is 1. The summed E-state index contributed by atoms with van der Waals surface area (Å²) in [7, 11) is 0. The molecule has 0 aliphatic rings. The zero-order chi connectivity index (χ0) is 13.7. The SMILES string of the molecule is CCc1oncc1C(=O)N[C@H](CC(C)C)C(=O)O. The van der Waals surface area contributed by atoms with Crippen LogP contribution >= 0.6 is 0 Å². The van der Waals surface area contributed by atoms with Crippen molar-refractivity contribution in [1.82, 2.24) is 10.5 Å². The van der Waals surface area contributed by atoms with Crippen molar-refractivity contribution in [3.63, 3.8) is 0 Å². The topological polar surface area (TPSA) is 92.4 Å². The summed E-state index contributed by atoms with van der Waals surface area (Å²) in [5.41, 5.74) is 0.299. The van der Waals surface area contributed by atoms with E-state index in [0.29, 0.717) is 24.2 Å². The Kier molecular flexibility index (Phi) is 4.88. The highest BCUT2D eigenvalue weighted by atomic mass is 16.5. The Bertz CT molecular complexity index is 425. The summed E-state index contributed by atoms with van der Waals surface area (Å²) in [6.07, 6.45) is 2.22. The van der Waals surface area contributed by atoms with Gasteiger partial charge in [0.15, 0.2) is 0 Å². The first kappa shape index (κ1) is 14.2. The Hall–Kier alpha value is -1.85. The van der Waals surface area contributed by atoms with Crippen molar-refractivity contribution in [3.05, 3.63) is 17.5 Å². The van der Waals surface area contributed by atoms with Gasteiger partial charge < -0.3 is 14.9 Å². The fourth-order valence-electron chi connectivity index (χ4n) is 1.63. The molecule has 1 rings (SSSR count). The van der Waals surface area contributed by atoms with Gasteiger partial charge in [0, 0.05) is 6.42 Å². The zero-order valence-corrected chi connectivity index (χ0v) is 10.8. The van der Waals surface area contributed by atoms with Crippen LogP contribution in [0.5, 0.6) is 0 Å². The zero-order valence-electron chi connectivity index (χ0n) is 10.8. The first-order valence-electron chi connectivity index (χ1n) is 5.92. The number of carboxylic acids is 1. The van der Waals surface area contributed by atoms with Crippen LogP contribution in [0.2, 0.25) is 0 Å². The van der Waals surface area contributed by atoms with Gasteiger partial charge in [0.2, 0.25) is 0 Å². The van der Waals surface area contributed by atoms with Gasteiger partial charge in [0.25, 0.3) is 5.91 Å². The minimum Gasteiger partial charge on any atom is -0.480 e.